The molecule has 1 atom stereocenters. The summed E-state index contributed by atoms with van der Waals surface area (Å²) in [5, 5.41) is 9.25. The highest BCUT2D eigenvalue weighted by Crippen LogP contribution is 2.16. The Morgan fingerprint density at radius 2 is 2.17 bits per heavy atom. The summed E-state index contributed by atoms with van der Waals surface area (Å²) < 4.78 is 1.22. The van der Waals surface area contributed by atoms with E-state index in [1.165, 1.54) is 4.57 Å². The molecule has 0 amide bonds. The number of H-pyrrole nitrogens is 1. The monoisotopic (exact) mass is 324 g/mol. The van der Waals surface area contributed by atoms with Crippen LogP contribution in [0.15, 0.2) is 9.59 Å². The van der Waals surface area contributed by atoms with E-state index in [4.69, 9.17) is 5.73 Å². The molecule has 8 heteroatoms. The minimum Gasteiger partial charge on any atom is -0.396 e. The van der Waals surface area contributed by atoms with E-state index in [2.05, 4.69) is 4.98 Å². The predicted molar refractivity (Wildman–Crippen MR) is 86.6 cm³/mol. The largest absolute Gasteiger partial charge is 0.396 e. The van der Waals surface area contributed by atoms with Crippen LogP contribution in [0.4, 0.5) is 5.82 Å². The lowest BCUT2D eigenvalue weighted by molar-refractivity contribution is 0.0832. The molecule has 0 spiro atoms. The van der Waals surface area contributed by atoms with Gasteiger partial charge in [0.05, 0.1) is 6.54 Å². The number of aliphatic hydroxyl groups is 1. The molecule has 1 fully saturated rings. The normalized spacial score (nSPS) is 19.0. The number of rotatable bonds is 6. The third-order valence-electron chi connectivity index (χ3n) is 4.19. The number of nitrogens with one attached hydrogen (secondary N) is 1. The lowest BCUT2D eigenvalue weighted by Gasteiger charge is -2.31. The molecule has 1 aliphatic rings. The first kappa shape index (κ1) is 17.4. The topological polar surface area (TPSA) is 121 Å². The first-order chi connectivity index (χ1) is 11.0. The van der Waals surface area contributed by atoms with Crippen molar-refractivity contribution in [2.24, 2.45) is 5.92 Å². The van der Waals surface area contributed by atoms with Gasteiger partial charge in [-0.1, -0.05) is 6.92 Å². The van der Waals surface area contributed by atoms with Crippen molar-refractivity contribution in [1.29, 1.82) is 0 Å². The van der Waals surface area contributed by atoms with Crippen LogP contribution in [0.2, 0.25) is 0 Å². The molecule has 2 rings (SSSR count). The molecule has 1 saturated heterocycles. The van der Waals surface area contributed by atoms with Gasteiger partial charge in [0.15, 0.2) is 5.78 Å². The molecule has 1 aliphatic heterocycles. The van der Waals surface area contributed by atoms with Crippen LogP contribution in [-0.2, 0) is 6.54 Å². The lowest BCUT2D eigenvalue weighted by atomic mass is 9.98. The Morgan fingerprint density at radius 1 is 1.43 bits per heavy atom. The molecule has 4 N–H and O–H groups in total. The molecule has 23 heavy (non-hydrogen) atoms. The summed E-state index contributed by atoms with van der Waals surface area (Å²) >= 11 is 0. The molecular weight excluding hydrogens is 300 g/mol. The number of carbonyl (C=O) groups excluding carboxylic acids is 1. The van der Waals surface area contributed by atoms with Crippen LogP contribution in [0.1, 0.15) is 36.5 Å². The van der Waals surface area contributed by atoms with Crippen molar-refractivity contribution < 1.29 is 9.90 Å². The van der Waals surface area contributed by atoms with Crippen LogP contribution in [0.5, 0.6) is 0 Å². The number of aliphatic hydroxyl groups excluding tert-OH is 1. The number of hydrogen-bond donors (Lipinski definition) is 3. The van der Waals surface area contributed by atoms with E-state index in [0.717, 1.165) is 19.4 Å². The van der Waals surface area contributed by atoms with E-state index in [1.54, 1.807) is 0 Å². The fourth-order valence-corrected chi connectivity index (χ4v) is 3.03. The number of nitrogens with zero attached hydrogens (tertiary/aromatic N) is 2. The summed E-state index contributed by atoms with van der Waals surface area (Å²) in [6, 6.07) is 0. The zero-order chi connectivity index (χ0) is 17.0. The molecule has 0 aromatic carbocycles. The van der Waals surface area contributed by atoms with Gasteiger partial charge < -0.3 is 10.8 Å². The number of nitrogen functional groups attached to an aromatic ring is 1. The molecule has 0 saturated carbocycles. The van der Waals surface area contributed by atoms with Crippen molar-refractivity contribution in [3.8, 4) is 0 Å². The van der Waals surface area contributed by atoms with Gasteiger partial charge in [-0.05, 0) is 31.7 Å². The zero-order valence-electron chi connectivity index (χ0n) is 13.4. The third-order valence-corrected chi connectivity index (χ3v) is 4.19. The maximum absolute atomic E-state index is 12.5. The average molecular weight is 324 g/mol. The highest BCUT2D eigenvalue weighted by atomic mass is 16.3. The maximum Gasteiger partial charge on any atom is 0.329 e. The van der Waals surface area contributed by atoms with E-state index in [1.807, 2.05) is 11.8 Å². The van der Waals surface area contributed by atoms with Gasteiger partial charge in [0.2, 0.25) is 0 Å². The standard InChI is InChI=1S/C15H24N4O4/c1-2-5-19-13(16)12(14(22)17-15(19)23)11(21)8-18-6-3-4-10(7-18)9-20/h10,20H,2-9,16H2,1H3,(H,17,22,23)/t10-/m0/s1. The van der Waals surface area contributed by atoms with E-state index >= 15 is 0 Å². The van der Waals surface area contributed by atoms with Gasteiger partial charge in [0.1, 0.15) is 11.4 Å². The molecule has 2 heterocycles. The number of aromatic amines is 1. The minimum absolute atomic E-state index is 0.0636. The van der Waals surface area contributed by atoms with Crippen molar-refractivity contribution in [1.82, 2.24) is 14.5 Å². The van der Waals surface area contributed by atoms with Crippen LogP contribution in [0.3, 0.4) is 0 Å². The molecule has 0 radical (unpaired) electrons. The third kappa shape index (κ3) is 3.89. The summed E-state index contributed by atoms with van der Waals surface area (Å²) in [6.07, 6.45) is 2.50. The fraction of sp³-hybridized carbons (Fsp3) is 0.667. The SMILES string of the molecule is CCCn1c(N)c(C(=O)CN2CCC[C@H](CO)C2)c(=O)[nH]c1=O. The number of nitrogens with two attached hydrogens (primary N) is 1. The number of likely N-dealkylation sites (tertiary alicyclic amines) is 1. The summed E-state index contributed by atoms with van der Waals surface area (Å²) in [5.74, 6) is -0.310. The smallest absolute Gasteiger partial charge is 0.329 e. The summed E-state index contributed by atoms with van der Waals surface area (Å²) in [6.45, 7) is 3.74. The van der Waals surface area contributed by atoms with Crippen LogP contribution < -0.4 is 17.0 Å². The Labute approximate surface area is 133 Å². The van der Waals surface area contributed by atoms with E-state index < -0.39 is 17.0 Å². The second-order valence-electron chi connectivity index (χ2n) is 6.02. The molecule has 1 aromatic rings. The van der Waals surface area contributed by atoms with Gasteiger partial charge in [-0.2, -0.15) is 0 Å². The molecule has 128 valence electrons. The Kier molecular flexibility index (Phi) is 5.73. The zero-order valence-corrected chi connectivity index (χ0v) is 13.4. The quantitative estimate of drug-likeness (QED) is 0.602. The number of Topliss-reactive ketones (excluding diaryl/α,β-unsaturated/α-hetero) is 1. The Hall–Kier alpha value is -1.93. The highest BCUT2D eigenvalue weighted by Gasteiger charge is 2.25. The van der Waals surface area contributed by atoms with Gasteiger partial charge in [-0.3, -0.25) is 24.0 Å². The first-order valence-corrected chi connectivity index (χ1v) is 7.96. The first-order valence-electron chi connectivity index (χ1n) is 7.96. The van der Waals surface area contributed by atoms with Crippen molar-refractivity contribution in [2.75, 3.05) is 32.0 Å². The van der Waals surface area contributed by atoms with Gasteiger partial charge in [-0.15, -0.1) is 0 Å². The van der Waals surface area contributed by atoms with Crippen LogP contribution in [0.25, 0.3) is 0 Å². The van der Waals surface area contributed by atoms with Crippen molar-refractivity contribution in [2.45, 2.75) is 32.7 Å². The van der Waals surface area contributed by atoms with Crippen LogP contribution in [-0.4, -0.2) is 51.6 Å². The van der Waals surface area contributed by atoms with Gasteiger partial charge in [0.25, 0.3) is 5.56 Å². The van der Waals surface area contributed by atoms with Crippen molar-refractivity contribution in [3.05, 3.63) is 26.4 Å². The maximum atomic E-state index is 12.5. The summed E-state index contributed by atoms with van der Waals surface area (Å²) in [4.78, 5) is 40.3. The van der Waals surface area contributed by atoms with Gasteiger partial charge in [-0.25, -0.2) is 4.79 Å². The lowest BCUT2D eigenvalue weighted by Crippen LogP contribution is -2.42. The average Bonchev–Trinajstić information content (AvgIpc) is 2.51. The highest BCUT2D eigenvalue weighted by molar-refractivity contribution is 6.01. The van der Waals surface area contributed by atoms with Crippen LogP contribution in [0, 0.1) is 5.92 Å². The van der Waals surface area contributed by atoms with E-state index in [0.29, 0.717) is 19.5 Å². The molecule has 0 aliphatic carbocycles. The Balaban J connectivity index is 2.24. The van der Waals surface area contributed by atoms with Crippen molar-refractivity contribution >= 4 is 11.6 Å². The second-order valence-corrected chi connectivity index (χ2v) is 6.02. The number of piperidine rings is 1. The number of anilines is 1. The molecule has 8 nitrogen and oxygen atoms in total. The Morgan fingerprint density at radius 3 is 2.83 bits per heavy atom. The number of hydrogen-bond acceptors (Lipinski definition) is 6. The fourth-order valence-electron chi connectivity index (χ4n) is 3.03. The van der Waals surface area contributed by atoms with Gasteiger partial charge >= 0.3 is 5.69 Å². The molecular formula is C15H24N4O4. The van der Waals surface area contributed by atoms with Gasteiger partial charge in [0, 0.05) is 19.7 Å². The second kappa shape index (κ2) is 7.56. The van der Waals surface area contributed by atoms with E-state index in [9.17, 15) is 19.5 Å². The summed E-state index contributed by atoms with van der Waals surface area (Å²) in [5.41, 5.74) is 4.42. The summed E-state index contributed by atoms with van der Waals surface area (Å²) in [7, 11) is 0. The Bertz CT molecular complexity index is 679. The number of carbonyl (C=O) groups is 1. The minimum atomic E-state index is -0.736. The van der Waals surface area contributed by atoms with Crippen LogP contribution >= 0.6 is 0 Å². The molecule has 0 bridgehead atoms. The predicted octanol–water partition coefficient (Wildman–Crippen LogP) is -0.584. The molecule has 1 aromatic heterocycles. The van der Waals surface area contributed by atoms with E-state index in [-0.39, 0.29) is 30.5 Å². The number of aromatic nitrogens is 2. The van der Waals surface area contributed by atoms with Crippen molar-refractivity contribution in [3.63, 3.8) is 0 Å². The molecule has 0 unspecified atom stereocenters. The number of ketones is 1.